The molecule has 0 atom stereocenters. The minimum Gasteiger partial charge on any atom is -0.392 e. The highest BCUT2D eigenvalue weighted by Crippen LogP contribution is 2.24. The highest BCUT2D eigenvalue weighted by molar-refractivity contribution is 5.81. The maximum atomic E-state index is 13.0. The Kier molecular flexibility index (Phi) is 2.80. The standard InChI is InChI=1S/C15H13FN2O/c1-18-14-8-10(9-19)2-7-13(14)17-15(18)11-3-5-12(16)6-4-11/h2-8,19H,9H2,1H3. The number of halogens is 1. The summed E-state index contributed by atoms with van der Waals surface area (Å²) in [6.07, 6.45) is 0. The monoisotopic (exact) mass is 256 g/mol. The highest BCUT2D eigenvalue weighted by atomic mass is 19.1. The lowest BCUT2D eigenvalue weighted by molar-refractivity contribution is 0.282. The Hall–Kier alpha value is -2.20. The number of imidazole rings is 1. The van der Waals surface area contributed by atoms with Crippen LogP contribution in [0.5, 0.6) is 0 Å². The number of hydrogen-bond acceptors (Lipinski definition) is 2. The first-order valence-corrected chi connectivity index (χ1v) is 6.01. The van der Waals surface area contributed by atoms with Gasteiger partial charge in [0, 0.05) is 12.6 Å². The van der Waals surface area contributed by atoms with Crippen LogP contribution in [-0.4, -0.2) is 14.7 Å². The average Bonchev–Trinajstić information content (AvgIpc) is 2.76. The Morgan fingerprint density at radius 3 is 2.58 bits per heavy atom. The molecule has 3 rings (SSSR count). The summed E-state index contributed by atoms with van der Waals surface area (Å²) in [4.78, 5) is 4.55. The van der Waals surface area contributed by atoms with Gasteiger partial charge in [-0.2, -0.15) is 0 Å². The Bertz CT molecular complexity index is 732. The van der Waals surface area contributed by atoms with E-state index in [1.165, 1.54) is 12.1 Å². The molecule has 0 amide bonds. The van der Waals surface area contributed by atoms with E-state index in [4.69, 9.17) is 0 Å². The van der Waals surface area contributed by atoms with Crippen LogP contribution in [0.15, 0.2) is 42.5 Å². The second kappa shape index (κ2) is 4.48. The highest BCUT2D eigenvalue weighted by Gasteiger charge is 2.10. The second-order valence-corrected chi connectivity index (χ2v) is 4.48. The number of aromatic nitrogens is 2. The van der Waals surface area contributed by atoms with E-state index in [0.29, 0.717) is 0 Å². The maximum Gasteiger partial charge on any atom is 0.140 e. The lowest BCUT2D eigenvalue weighted by Gasteiger charge is -2.02. The van der Waals surface area contributed by atoms with Crippen molar-refractivity contribution >= 4 is 11.0 Å². The molecule has 0 aliphatic carbocycles. The van der Waals surface area contributed by atoms with E-state index >= 15 is 0 Å². The van der Waals surface area contributed by atoms with E-state index in [-0.39, 0.29) is 12.4 Å². The van der Waals surface area contributed by atoms with E-state index in [0.717, 1.165) is 28.0 Å². The predicted octanol–water partition coefficient (Wildman–Crippen LogP) is 2.87. The van der Waals surface area contributed by atoms with E-state index < -0.39 is 0 Å². The van der Waals surface area contributed by atoms with Gasteiger partial charge in [-0.3, -0.25) is 0 Å². The lowest BCUT2D eigenvalue weighted by atomic mass is 10.2. The zero-order valence-electron chi connectivity index (χ0n) is 10.5. The fourth-order valence-electron chi connectivity index (χ4n) is 2.19. The molecule has 0 unspecified atom stereocenters. The van der Waals surface area contributed by atoms with Gasteiger partial charge in [0.05, 0.1) is 17.6 Å². The van der Waals surface area contributed by atoms with Gasteiger partial charge in [-0.1, -0.05) is 6.07 Å². The maximum absolute atomic E-state index is 13.0. The van der Waals surface area contributed by atoms with Crippen LogP contribution in [0.1, 0.15) is 5.56 Å². The normalized spacial score (nSPS) is 11.1. The molecule has 0 saturated heterocycles. The van der Waals surface area contributed by atoms with Crippen LogP contribution in [0.2, 0.25) is 0 Å². The first-order chi connectivity index (χ1) is 9.19. The first kappa shape index (κ1) is 11.9. The zero-order chi connectivity index (χ0) is 13.4. The molecule has 3 nitrogen and oxygen atoms in total. The molecule has 96 valence electrons. The molecule has 1 heterocycles. The molecule has 19 heavy (non-hydrogen) atoms. The quantitative estimate of drug-likeness (QED) is 0.765. The fourth-order valence-corrected chi connectivity index (χ4v) is 2.19. The third-order valence-corrected chi connectivity index (χ3v) is 3.23. The van der Waals surface area contributed by atoms with Crippen LogP contribution in [-0.2, 0) is 13.7 Å². The number of benzene rings is 2. The number of nitrogens with zero attached hydrogens (tertiary/aromatic N) is 2. The number of fused-ring (bicyclic) bond motifs is 1. The van der Waals surface area contributed by atoms with Crippen LogP contribution in [0.3, 0.4) is 0 Å². The minimum absolute atomic E-state index is 0.00695. The Labute approximate surface area is 109 Å². The van der Waals surface area contributed by atoms with E-state index in [2.05, 4.69) is 4.98 Å². The van der Waals surface area contributed by atoms with Crippen LogP contribution in [0.25, 0.3) is 22.4 Å². The van der Waals surface area contributed by atoms with Crippen molar-refractivity contribution in [2.24, 2.45) is 7.05 Å². The summed E-state index contributed by atoms with van der Waals surface area (Å²) in [5, 5.41) is 9.17. The Balaban J connectivity index is 2.19. The minimum atomic E-state index is -0.259. The van der Waals surface area contributed by atoms with Gasteiger partial charge in [0.25, 0.3) is 0 Å². The molecule has 0 bridgehead atoms. The van der Waals surface area contributed by atoms with Gasteiger partial charge in [-0.15, -0.1) is 0 Å². The van der Waals surface area contributed by atoms with Crippen molar-refractivity contribution in [3.63, 3.8) is 0 Å². The summed E-state index contributed by atoms with van der Waals surface area (Å²) in [5.41, 5.74) is 3.52. The van der Waals surface area contributed by atoms with E-state index in [9.17, 15) is 9.50 Å². The molecule has 0 spiro atoms. The fraction of sp³-hybridized carbons (Fsp3) is 0.133. The van der Waals surface area contributed by atoms with Crippen molar-refractivity contribution in [1.29, 1.82) is 0 Å². The third-order valence-electron chi connectivity index (χ3n) is 3.23. The van der Waals surface area contributed by atoms with E-state index in [1.807, 2.05) is 29.8 Å². The van der Waals surface area contributed by atoms with Gasteiger partial charge in [0.2, 0.25) is 0 Å². The molecule has 3 aromatic rings. The summed E-state index contributed by atoms with van der Waals surface area (Å²) in [7, 11) is 1.91. The van der Waals surface area contributed by atoms with Crippen molar-refractivity contribution in [1.82, 2.24) is 9.55 Å². The van der Waals surface area contributed by atoms with Crippen LogP contribution in [0.4, 0.5) is 4.39 Å². The molecule has 0 fully saturated rings. The van der Waals surface area contributed by atoms with E-state index in [1.54, 1.807) is 12.1 Å². The lowest BCUT2D eigenvalue weighted by Crippen LogP contribution is -1.93. The van der Waals surface area contributed by atoms with Gasteiger partial charge in [0.15, 0.2) is 0 Å². The van der Waals surface area contributed by atoms with Crippen molar-refractivity contribution < 1.29 is 9.50 Å². The molecule has 0 saturated carbocycles. The molecular formula is C15H13FN2O. The summed E-state index contributed by atoms with van der Waals surface area (Å²) in [5.74, 6) is 0.523. The first-order valence-electron chi connectivity index (χ1n) is 6.01. The predicted molar refractivity (Wildman–Crippen MR) is 72.0 cm³/mol. The van der Waals surface area contributed by atoms with Gasteiger partial charge in [0.1, 0.15) is 11.6 Å². The van der Waals surface area contributed by atoms with Gasteiger partial charge in [-0.25, -0.2) is 9.37 Å². The molecule has 1 N–H and O–H groups in total. The Morgan fingerprint density at radius 1 is 1.16 bits per heavy atom. The van der Waals surface area contributed by atoms with Gasteiger partial charge >= 0.3 is 0 Å². The van der Waals surface area contributed by atoms with Crippen molar-refractivity contribution in [3.05, 3.63) is 53.8 Å². The summed E-state index contributed by atoms with van der Waals surface area (Å²) in [6.45, 7) is 0.00695. The van der Waals surface area contributed by atoms with Crippen molar-refractivity contribution in [2.45, 2.75) is 6.61 Å². The molecular weight excluding hydrogens is 243 g/mol. The Morgan fingerprint density at radius 2 is 1.89 bits per heavy atom. The molecule has 0 aliphatic heterocycles. The zero-order valence-corrected chi connectivity index (χ0v) is 10.5. The SMILES string of the molecule is Cn1c(-c2ccc(F)cc2)nc2ccc(CO)cc21. The van der Waals surface area contributed by atoms with Crippen LogP contribution in [0, 0.1) is 5.82 Å². The second-order valence-electron chi connectivity index (χ2n) is 4.48. The average molecular weight is 256 g/mol. The summed E-state index contributed by atoms with van der Waals surface area (Å²) < 4.78 is 14.9. The summed E-state index contributed by atoms with van der Waals surface area (Å²) in [6, 6.07) is 11.9. The molecule has 4 heteroatoms. The van der Waals surface area contributed by atoms with Crippen molar-refractivity contribution in [3.8, 4) is 11.4 Å². The smallest absolute Gasteiger partial charge is 0.140 e. The van der Waals surface area contributed by atoms with Gasteiger partial charge < -0.3 is 9.67 Å². The van der Waals surface area contributed by atoms with Crippen molar-refractivity contribution in [2.75, 3.05) is 0 Å². The number of rotatable bonds is 2. The molecule has 2 aromatic carbocycles. The summed E-state index contributed by atoms with van der Waals surface area (Å²) >= 11 is 0. The largest absolute Gasteiger partial charge is 0.392 e. The topological polar surface area (TPSA) is 38.0 Å². The van der Waals surface area contributed by atoms with Crippen LogP contribution < -0.4 is 0 Å². The molecule has 1 aromatic heterocycles. The van der Waals surface area contributed by atoms with Gasteiger partial charge in [-0.05, 0) is 42.0 Å². The van der Waals surface area contributed by atoms with Crippen LogP contribution >= 0.6 is 0 Å². The molecule has 0 aliphatic rings. The number of hydrogen-bond donors (Lipinski definition) is 1. The number of aliphatic hydroxyl groups is 1. The third kappa shape index (κ3) is 2.00. The number of aryl methyl sites for hydroxylation is 1. The molecule has 0 radical (unpaired) electrons. The number of aliphatic hydroxyl groups excluding tert-OH is 1.